The molecular formula is C29H35FN6O5. The van der Waals surface area contributed by atoms with Crippen molar-refractivity contribution in [3.8, 4) is 22.9 Å². The third-order valence-corrected chi connectivity index (χ3v) is 7.56. The molecule has 2 aromatic carbocycles. The van der Waals surface area contributed by atoms with Crippen molar-refractivity contribution in [3.63, 3.8) is 0 Å². The Balaban J connectivity index is 1.41. The molecule has 2 fully saturated rings. The van der Waals surface area contributed by atoms with E-state index < -0.39 is 11.9 Å². The Labute approximate surface area is 237 Å². The minimum atomic E-state index is -0.971. The van der Waals surface area contributed by atoms with E-state index in [2.05, 4.69) is 20.7 Å². The molecule has 0 bridgehead atoms. The summed E-state index contributed by atoms with van der Waals surface area (Å²) in [6, 6.07) is 10.0. The topological polar surface area (TPSA) is 121 Å². The number of ether oxygens (including phenoxy) is 3. The van der Waals surface area contributed by atoms with E-state index in [1.165, 1.54) is 28.9 Å². The highest BCUT2D eigenvalue weighted by Gasteiger charge is 2.36. The average Bonchev–Trinajstić information content (AvgIpc) is 3.77. The molecule has 3 aromatic rings. The summed E-state index contributed by atoms with van der Waals surface area (Å²) in [6.07, 6.45) is 5.31. The number of hydrogen-bond donors (Lipinski definition) is 1. The summed E-state index contributed by atoms with van der Waals surface area (Å²) < 4.78 is 30.3. The smallest absolute Gasteiger partial charge is 0.247 e. The van der Waals surface area contributed by atoms with Gasteiger partial charge < -0.3 is 24.4 Å². The Kier molecular flexibility index (Phi) is 9.07. The molecule has 2 unspecified atom stereocenters. The molecule has 0 spiro atoms. The minimum absolute atomic E-state index is 0.0474. The number of benzene rings is 2. The fourth-order valence-electron chi connectivity index (χ4n) is 5.44. The zero-order valence-corrected chi connectivity index (χ0v) is 23.3. The monoisotopic (exact) mass is 566 g/mol. The summed E-state index contributed by atoms with van der Waals surface area (Å²) in [5, 5.41) is 15.7. The molecule has 1 saturated heterocycles. The quantitative estimate of drug-likeness (QED) is 0.375. The minimum Gasteiger partial charge on any atom is -0.493 e. The van der Waals surface area contributed by atoms with Gasteiger partial charge in [0.25, 0.3) is 0 Å². The summed E-state index contributed by atoms with van der Waals surface area (Å²) in [5.41, 5.74) is 1.16. The average molecular weight is 567 g/mol. The lowest BCUT2D eigenvalue weighted by Gasteiger charge is -2.33. The Morgan fingerprint density at radius 1 is 1.07 bits per heavy atom. The summed E-state index contributed by atoms with van der Waals surface area (Å²) >= 11 is 0. The summed E-state index contributed by atoms with van der Waals surface area (Å²) in [6.45, 7) is 0.555. The Hall–Kier alpha value is -4.06. The highest BCUT2D eigenvalue weighted by molar-refractivity contribution is 5.89. The maximum Gasteiger partial charge on any atom is 0.247 e. The van der Waals surface area contributed by atoms with Crippen LogP contribution in [0.4, 0.5) is 4.39 Å². The lowest BCUT2D eigenvalue weighted by molar-refractivity contribution is -0.143. The van der Waals surface area contributed by atoms with Gasteiger partial charge in [-0.05, 0) is 66.8 Å². The van der Waals surface area contributed by atoms with Gasteiger partial charge in [0.15, 0.2) is 11.5 Å². The van der Waals surface area contributed by atoms with Crippen molar-refractivity contribution in [1.29, 1.82) is 0 Å². The van der Waals surface area contributed by atoms with E-state index >= 15 is 0 Å². The molecule has 2 atom stereocenters. The number of methoxy groups -OCH3 is 2. The number of carbonyl (C=O) groups excluding carboxylic acids is 2. The first-order chi connectivity index (χ1) is 19.9. The second-order valence-electron chi connectivity index (χ2n) is 10.3. The molecule has 1 aliphatic carbocycles. The van der Waals surface area contributed by atoms with Crippen molar-refractivity contribution < 1.29 is 28.2 Å². The molecule has 1 N–H and O–H groups in total. The predicted molar refractivity (Wildman–Crippen MR) is 147 cm³/mol. The number of tetrazole rings is 1. The van der Waals surface area contributed by atoms with Crippen LogP contribution >= 0.6 is 0 Å². The number of nitrogens with one attached hydrogen (secondary N) is 1. The molecule has 2 aliphatic rings. The van der Waals surface area contributed by atoms with Gasteiger partial charge in [-0.1, -0.05) is 25.0 Å². The van der Waals surface area contributed by atoms with Crippen LogP contribution in [0.2, 0.25) is 0 Å². The molecule has 218 valence electrons. The van der Waals surface area contributed by atoms with Gasteiger partial charge in [-0.2, -0.15) is 4.80 Å². The SMILES string of the molecule is COc1ccc(-c2nnn(CC(=O)N(CC3CCCO3)C(C(=O)NC3CCCC3)c3ccc(F)cc3)n2)cc1OC. The Morgan fingerprint density at radius 3 is 2.51 bits per heavy atom. The van der Waals surface area contributed by atoms with Crippen molar-refractivity contribution in [3.05, 3.63) is 53.8 Å². The van der Waals surface area contributed by atoms with Crippen molar-refractivity contribution in [1.82, 2.24) is 30.4 Å². The van der Waals surface area contributed by atoms with Crippen LogP contribution in [0.3, 0.4) is 0 Å². The second-order valence-corrected chi connectivity index (χ2v) is 10.3. The number of amides is 2. The summed E-state index contributed by atoms with van der Waals surface area (Å²) in [7, 11) is 3.08. The fraction of sp³-hybridized carbons (Fsp3) is 0.483. The third-order valence-electron chi connectivity index (χ3n) is 7.56. The van der Waals surface area contributed by atoms with Crippen LogP contribution in [0.5, 0.6) is 11.5 Å². The van der Waals surface area contributed by atoms with Gasteiger partial charge in [0.1, 0.15) is 18.4 Å². The van der Waals surface area contributed by atoms with Crippen LogP contribution in [0.25, 0.3) is 11.4 Å². The number of rotatable bonds is 11. The van der Waals surface area contributed by atoms with E-state index in [9.17, 15) is 14.0 Å². The fourth-order valence-corrected chi connectivity index (χ4v) is 5.44. The maximum absolute atomic E-state index is 13.9. The van der Waals surface area contributed by atoms with Gasteiger partial charge in [0, 0.05) is 24.8 Å². The number of halogens is 1. The molecule has 1 saturated carbocycles. The number of hydrogen-bond acceptors (Lipinski definition) is 8. The maximum atomic E-state index is 13.9. The van der Waals surface area contributed by atoms with E-state index in [0.29, 0.717) is 35.1 Å². The van der Waals surface area contributed by atoms with Gasteiger partial charge in [-0.3, -0.25) is 9.59 Å². The number of aromatic nitrogens is 4. The molecule has 1 aromatic heterocycles. The highest BCUT2D eigenvalue weighted by Crippen LogP contribution is 2.31. The number of nitrogens with zero attached hydrogens (tertiary/aromatic N) is 5. The van der Waals surface area contributed by atoms with E-state index in [4.69, 9.17) is 14.2 Å². The van der Waals surface area contributed by atoms with Crippen molar-refractivity contribution in [2.24, 2.45) is 0 Å². The van der Waals surface area contributed by atoms with Crippen LogP contribution in [0.15, 0.2) is 42.5 Å². The van der Waals surface area contributed by atoms with Crippen LogP contribution in [-0.4, -0.2) is 76.4 Å². The van der Waals surface area contributed by atoms with Crippen LogP contribution < -0.4 is 14.8 Å². The van der Waals surface area contributed by atoms with Gasteiger partial charge in [0.05, 0.1) is 20.3 Å². The normalized spacial score (nSPS) is 17.8. The van der Waals surface area contributed by atoms with E-state index in [1.54, 1.807) is 37.4 Å². The predicted octanol–water partition coefficient (Wildman–Crippen LogP) is 3.30. The molecule has 0 radical (unpaired) electrons. The number of carbonyl (C=O) groups is 2. The van der Waals surface area contributed by atoms with Gasteiger partial charge in [0.2, 0.25) is 17.6 Å². The van der Waals surface area contributed by atoms with Crippen molar-refractivity contribution in [2.75, 3.05) is 27.4 Å². The Bertz CT molecular complexity index is 1340. The van der Waals surface area contributed by atoms with Crippen LogP contribution in [-0.2, 0) is 20.9 Å². The van der Waals surface area contributed by atoms with Crippen LogP contribution in [0, 0.1) is 5.82 Å². The van der Waals surface area contributed by atoms with E-state index in [1.807, 2.05) is 0 Å². The molecule has 12 heteroatoms. The zero-order valence-electron chi connectivity index (χ0n) is 23.3. The molecule has 2 amide bonds. The van der Waals surface area contributed by atoms with Crippen molar-refractivity contribution >= 4 is 11.8 Å². The Morgan fingerprint density at radius 2 is 1.83 bits per heavy atom. The first kappa shape index (κ1) is 28.5. The molecule has 11 nitrogen and oxygen atoms in total. The first-order valence-electron chi connectivity index (χ1n) is 13.9. The first-order valence-corrected chi connectivity index (χ1v) is 13.9. The largest absolute Gasteiger partial charge is 0.493 e. The molecule has 5 rings (SSSR count). The third kappa shape index (κ3) is 6.82. The van der Waals surface area contributed by atoms with Crippen molar-refractivity contribution in [2.45, 2.75) is 63.3 Å². The lowest BCUT2D eigenvalue weighted by Crippen LogP contribution is -2.49. The molecular weight excluding hydrogens is 531 g/mol. The van der Waals surface area contributed by atoms with E-state index in [-0.39, 0.29) is 37.0 Å². The van der Waals surface area contributed by atoms with Gasteiger partial charge in [-0.15, -0.1) is 10.2 Å². The standard InChI is InChI=1S/C29H35FN6O5/c1-39-24-14-11-20(16-25(24)40-2)28-32-34-36(33-28)18-26(37)35(17-23-8-5-15-41-23)27(19-9-12-21(30)13-10-19)29(38)31-22-6-3-4-7-22/h9-14,16,22-23,27H,3-8,15,17-18H2,1-2H3,(H,31,38). The molecule has 2 heterocycles. The highest BCUT2D eigenvalue weighted by atomic mass is 19.1. The molecule has 1 aliphatic heterocycles. The van der Waals surface area contributed by atoms with Gasteiger partial charge >= 0.3 is 0 Å². The zero-order chi connectivity index (χ0) is 28.8. The van der Waals surface area contributed by atoms with Gasteiger partial charge in [-0.25, -0.2) is 4.39 Å². The summed E-state index contributed by atoms with van der Waals surface area (Å²) in [5.74, 6) is 0.274. The lowest BCUT2D eigenvalue weighted by atomic mass is 10.0. The second kappa shape index (κ2) is 13.1. The van der Waals surface area contributed by atoms with Crippen LogP contribution in [0.1, 0.15) is 50.1 Å². The van der Waals surface area contributed by atoms with E-state index in [0.717, 1.165) is 38.5 Å². The summed E-state index contributed by atoms with van der Waals surface area (Å²) in [4.78, 5) is 30.4. The molecule has 41 heavy (non-hydrogen) atoms.